The molecule has 0 rings (SSSR count). The van der Waals surface area contributed by atoms with Gasteiger partial charge in [-0.2, -0.15) is 6.42 Å². The molecule has 0 radical (unpaired) electrons. The molecule has 2 heteroatoms. The average Bonchev–Trinajstić information content (AvgIpc) is 1.75. The Balaban J connectivity index is 0. The van der Waals surface area contributed by atoms with Crippen LogP contribution in [0.1, 0.15) is 13.3 Å². The van der Waals surface area contributed by atoms with Gasteiger partial charge in [0.2, 0.25) is 0 Å². The zero-order chi connectivity index (χ0) is 6.12. The fourth-order valence-electron chi connectivity index (χ4n) is 0.167. The van der Waals surface area contributed by atoms with Crippen molar-refractivity contribution in [2.45, 2.75) is 13.3 Å². The van der Waals surface area contributed by atoms with Crippen molar-refractivity contribution in [1.29, 1.82) is 0 Å². The monoisotopic (exact) mass is 210 g/mol. The van der Waals surface area contributed by atoms with Crippen molar-refractivity contribution < 1.29 is 18.2 Å². The molecule has 0 aliphatic carbocycles. The van der Waals surface area contributed by atoms with E-state index < -0.39 is 0 Å². The molecule has 0 saturated heterocycles. The molecule has 46 valence electrons. The van der Waals surface area contributed by atoms with Crippen LogP contribution in [0.25, 0.3) is 0 Å². The molecule has 0 aliphatic heterocycles. The quantitative estimate of drug-likeness (QED) is 0.355. The Bertz CT molecular complexity index is 35.1. The van der Waals surface area contributed by atoms with Crippen molar-refractivity contribution in [2.24, 2.45) is 0 Å². The first kappa shape index (κ1) is 10.6. The number of rotatable bonds is 1. The second-order valence-electron chi connectivity index (χ2n) is 0.858. The van der Waals surface area contributed by atoms with Crippen LogP contribution in [0.5, 0.6) is 0 Å². The van der Waals surface area contributed by atoms with Crippen LogP contribution in [-0.2, 0) is 18.2 Å². The van der Waals surface area contributed by atoms with E-state index in [2.05, 4.69) is 34.6 Å². The second-order valence-corrected chi connectivity index (χ2v) is 0.858. The van der Waals surface area contributed by atoms with Gasteiger partial charge < -0.3 is 6.92 Å². The fourth-order valence-corrected chi connectivity index (χ4v) is 0.167. The van der Waals surface area contributed by atoms with Crippen LogP contribution in [0.4, 0.5) is 0 Å². The summed E-state index contributed by atoms with van der Waals surface area (Å²) >= 11 is 2.22. The molecule has 0 bridgehead atoms. The zero-order valence-corrected chi connectivity index (χ0v) is 6.57. The van der Waals surface area contributed by atoms with Gasteiger partial charge in [0.25, 0.3) is 0 Å². The van der Waals surface area contributed by atoms with Crippen LogP contribution >= 0.6 is 9.53 Å². The fraction of sp³-hybridized carbons (Fsp3) is 0.400. The summed E-state index contributed by atoms with van der Waals surface area (Å²) in [7, 11) is 4.49. The van der Waals surface area contributed by atoms with E-state index in [1.54, 1.807) is 0 Å². The number of halogens is 1. The molecule has 0 heterocycles. The summed E-state index contributed by atoms with van der Waals surface area (Å²) in [5, 5.41) is 0. The molecular formula is C5H9ClPd. The van der Waals surface area contributed by atoms with E-state index in [-0.39, 0.29) is 0 Å². The second kappa shape index (κ2) is 15.9. The van der Waals surface area contributed by atoms with Gasteiger partial charge in [0.15, 0.2) is 0 Å². The molecule has 0 unspecified atom stereocenters. The van der Waals surface area contributed by atoms with Crippen molar-refractivity contribution in [2.75, 3.05) is 0 Å². The Labute approximate surface area is 60.3 Å². The van der Waals surface area contributed by atoms with E-state index in [0.29, 0.717) is 0 Å². The van der Waals surface area contributed by atoms with E-state index in [0.717, 1.165) is 6.42 Å². The first-order valence-corrected chi connectivity index (χ1v) is 3.94. The molecule has 0 nitrogen and oxygen atoms in total. The topological polar surface area (TPSA) is 0 Å². The van der Waals surface area contributed by atoms with Gasteiger partial charge in [-0.25, -0.2) is 0 Å². The molecule has 0 aromatic heterocycles. The molecule has 7 heavy (non-hydrogen) atoms. The summed E-state index contributed by atoms with van der Waals surface area (Å²) in [5.74, 6) is 0. The third-order valence-electron chi connectivity index (χ3n) is 0.402. The maximum absolute atomic E-state index is 4.49. The van der Waals surface area contributed by atoms with Crippen LogP contribution in [-0.4, -0.2) is 0 Å². The third kappa shape index (κ3) is 20.3. The minimum atomic E-state index is 0.913. The van der Waals surface area contributed by atoms with Gasteiger partial charge in [0.05, 0.1) is 0 Å². The van der Waals surface area contributed by atoms with Gasteiger partial charge in [0, 0.05) is 0 Å². The summed E-state index contributed by atoms with van der Waals surface area (Å²) in [4.78, 5) is 0. The Kier molecular flexibility index (Phi) is 24.2. The zero-order valence-electron chi connectivity index (χ0n) is 4.26. The predicted molar refractivity (Wildman–Crippen MR) is 30.6 cm³/mol. The van der Waals surface area contributed by atoms with Crippen molar-refractivity contribution in [3.8, 4) is 0 Å². The molecule has 0 spiro atoms. The number of hydrogen-bond acceptors (Lipinski definition) is 0. The van der Waals surface area contributed by atoms with E-state index >= 15 is 0 Å². The average molecular weight is 211 g/mol. The van der Waals surface area contributed by atoms with Crippen LogP contribution in [0, 0.1) is 6.92 Å². The standard InChI is InChI=1S/C5H9.ClH.Pd/c1-3-5-4-2;;/h4-5H,1,3H2,2H3;1H;/q-1;;+2/p-1. The summed E-state index contributed by atoms with van der Waals surface area (Å²) in [6, 6.07) is 0. The van der Waals surface area contributed by atoms with Crippen LogP contribution in [0.15, 0.2) is 12.2 Å². The summed E-state index contributed by atoms with van der Waals surface area (Å²) in [6.07, 6.45) is 4.92. The summed E-state index contributed by atoms with van der Waals surface area (Å²) in [5.41, 5.74) is 0. The third-order valence-corrected chi connectivity index (χ3v) is 0.402. The van der Waals surface area contributed by atoms with E-state index in [1.807, 2.05) is 19.1 Å². The van der Waals surface area contributed by atoms with E-state index in [1.165, 1.54) is 0 Å². The molecule has 0 aromatic carbocycles. The van der Waals surface area contributed by atoms with Crippen molar-refractivity contribution in [3.63, 3.8) is 0 Å². The van der Waals surface area contributed by atoms with Crippen molar-refractivity contribution in [3.05, 3.63) is 19.1 Å². The number of hydrogen-bond donors (Lipinski definition) is 0. The predicted octanol–water partition coefficient (Wildman–Crippen LogP) is 2.47. The van der Waals surface area contributed by atoms with Gasteiger partial charge in [-0.3, -0.25) is 0 Å². The van der Waals surface area contributed by atoms with Crippen LogP contribution in [0.2, 0.25) is 0 Å². The Morgan fingerprint density at radius 3 is 2.14 bits per heavy atom. The van der Waals surface area contributed by atoms with Gasteiger partial charge in [-0.1, -0.05) is 6.08 Å². The van der Waals surface area contributed by atoms with Crippen LogP contribution in [0.3, 0.4) is 0 Å². The normalized spacial score (nSPS) is 8.14. The first-order chi connectivity index (χ1) is 3.41. The minimum absolute atomic E-state index is 0.913. The molecule has 0 aromatic rings. The first-order valence-electron chi connectivity index (χ1n) is 1.94. The summed E-state index contributed by atoms with van der Waals surface area (Å²) in [6.45, 7) is 5.58. The van der Waals surface area contributed by atoms with Gasteiger partial charge in [-0.05, 0) is 6.92 Å². The van der Waals surface area contributed by atoms with Gasteiger partial charge in [-0.15, -0.1) is 6.08 Å². The maximum atomic E-state index is 4.49. The molecular weight excluding hydrogens is 202 g/mol. The summed E-state index contributed by atoms with van der Waals surface area (Å²) < 4.78 is 0. The van der Waals surface area contributed by atoms with E-state index in [4.69, 9.17) is 0 Å². The van der Waals surface area contributed by atoms with Crippen molar-refractivity contribution >= 4 is 9.53 Å². The van der Waals surface area contributed by atoms with Gasteiger partial charge >= 0.3 is 27.7 Å². The van der Waals surface area contributed by atoms with Gasteiger partial charge in [0.1, 0.15) is 0 Å². The van der Waals surface area contributed by atoms with E-state index in [9.17, 15) is 0 Å². The number of allylic oxidation sites excluding steroid dienone is 2. The molecule has 0 saturated carbocycles. The Hall–Kier alpha value is 0.692. The Morgan fingerprint density at radius 2 is 2.14 bits per heavy atom. The molecule has 0 amide bonds. The Morgan fingerprint density at radius 1 is 1.71 bits per heavy atom. The van der Waals surface area contributed by atoms with Crippen LogP contribution < -0.4 is 0 Å². The SMILES string of the molecule is [CH2-]CC=CC.[Cl][Pd+]. The molecule has 0 aliphatic rings. The van der Waals surface area contributed by atoms with Crippen molar-refractivity contribution in [1.82, 2.24) is 0 Å². The molecule has 0 N–H and O–H groups in total. The molecule has 0 fully saturated rings. The molecule has 0 atom stereocenters.